The van der Waals surface area contributed by atoms with Crippen molar-refractivity contribution in [3.05, 3.63) is 46.6 Å². The van der Waals surface area contributed by atoms with Gasteiger partial charge in [-0.2, -0.15) is 0 Å². The van der Waals surface area contributed by atoms with Gasteiger partial charge in [-0.15, -0.1) is 0 Å². The second-order valence-electron chi connectivity index (χ2n) is 4.58. The minimum Gasteiger partial charge on any atom is -0.295 e. The van der Waals surface area contributed by atoms with Crippen molar-refractivity contribution in [2.75, 3.05) is 0 Å². The molecule has 2 heterocycles. The second-order valence-corrected chi connectivity index (χ2v) is 4.58. The van der Waals surface area contributed by atoms with Crippen LogP contribution in [0.3, 0.4) is 0 Å². The first-order valence-corrected chi connectivity index (χ1v) is 6.07. The maximum absolute atomic E-state index is 11.9. The van der Waals surface area contributed by atoms with Gasteiger partial charge in [-0.1, -0.05) is 12.8 Å². The number of nitrogens with zero attached hydrogens (tertiary/aromatic N) is 2. The SMILES string of the molecule is O=c1cc(C2CCCC2)[nH]n1-c1cccnc1. The van der Waals surface area contributed by atoms with Crippen LogP contribution in [0.1, 0.15) is 37.3 Å². The second kappa shape index (κ2) is 4.20. The summed E-state index contributed by atoms with van der Waals surface area (Å²) in [5.74, 6) is 0.528. The van der Waals surface area contributed by atoms with Gasteiger partial charge in [0.2, 0.25) is 0 Å². The van der Waals surface area contributed by atoms with E-state index in [-0.39, 0.29) is 5.56 Å². The first-order valence-electron chi connectivity index (χ1n) is 6.07. The van der Waals surface area contributed by atoms with Gasteiger partial charge in [0.25, 0.3) is 5.56 Å². The van der Waals surface area contributed by atoms with E-state index in [0.29, 0.717) is 5.92 Å². The van der Waals surface area contributed by atoms with Crippen molar-refractivity contribution in [1.29, 1.82) is 0 Å². The van der Waals surface area contributed by atoms with E-state index in [1.807, 2.05) is 12.1 Å². The Bertz CT molecular complexity index is 550. The first kappa shape index (κ1) is 10.3. The van der Waals surface area contributed by atoms with E-state index >= 15 is 0 Å². The molecule has 4 heteroatoms. The van der Waals surface area contributed by atoms with E-state index in [2.05, 4.69) is 10.1 Å². The van der Waals surface area contributed by atoms with E-state index in [4.69, 9.17) is 0 Å². The summed E-state index contributed by atoms with van der Waals surface area (Å²) in [6.45, 7) is 0. The number of hydrogen-bond donors (Lipinski definition) is 1. The van der Waals surface area contributed by atoms with Crippen molar-refractivity contribution in [3.63, 3.8) is 0 Å². The third-order valence-corrected chi connectivity index (χ3v) is 3.44. The van der Waals surface area contributed by atoms with Crippen molar-refractivity contribution in [2.24, 2.45) is 0 Å². The lowest BCUT2D eigenvalue weighted by Crippen LogP contribution is -2.13. The largest absolute Gasteiger partial charge is 0.295 e. The molecule has 0 radical (unpaired) electrons. The molecule has 0 aromatic carbocycles. The highest BCUT2D eigenvalue weighted by Crippen LogP contribution is 2.32. The molecule has 1 aliphatic carbocycles. The fourth-order valence-electron chi connectivity index (χ4n) is 2.54. The maximum Gasteiger partial charge on any atom is 0.271 e. The molecule has 2 aromatic rings. The van der Waals surface area contributed by atoms with Crippen molar-refractivity contribution in [3.8, 4) is 5.69 Å². The highest BCUT2D eigenvalue weighted by atomic mass is 16.1. The summed E-state index contributed by atoms with van der Waals surface area (Å²) in [5, 5.41) is 3.20. The van der Waals surface area contributed by atoms with Crippen LogP contribution in [0, 0.1) is 0 Å². The lowest BCUT2D eigenvalue weighted by molar-refractivity contribution is 0.676. The fourth-order valence-corrected chi connectivity index (χ4v) is 2.54. The minimum absolute atomic E-state index is 0.0000926. The van der Waals surface area contributed by atoms with Crippen LogP contribution >= 0.6 is 0 Å². The van der Waals surface area contributed by atoms with Gasteiger partial charge in [0.15, 0.2) is 0 Å². The fraction of sp³-hybridized carbons (Fsp3) is 0.385. The summed E-state index contributed by atoms with van der Waals surface area (Å²) in [6, 6.07) is 5.43. The molecule has 0 saturated heterocycles. The van der Waals surface area contributed by atoms with E-state index in [1.54, 1.807) is 23.1 Å². The monoisotopic (exact) mass is 229 g/mol. The minimum atomic E-state index is -0.0000926. The standard InChI is InChI=1S/C13H15N3O/c17-13-8-12(10-4-1-2-5-10)15-16(13)11-6-3-7-14-9-11/h3,6-10,15H,1-2,4-5H2. The average Bonchev–Trinajstić information content (AvgIpc) is 2.99. The summed E-state index contributed by atoms with van der Waals surface area (Å²) in [4.78, 5) is 15.9. The molecular weight excluding hydrogens is 214 g/mol. The number of rotatable bonds is 2. The maximum atomic E-state index is 11.9. The van der Waals surface area contributed by atoms with Crippen LogP contribution in [0.4, 0.5) is 0 Å². The number of pyridine rings is 1. The molecule has 0 amide bonds. The predicted octanol–water partition coefficient (Wildman–Crippen LogP) is 2.22. The van der Waals surface area contributed by atoms with Gasteiger partial charge in [-0.25, -0.2) is 4.68 Å². The van der Waals surface area contributed by atoms with Crippen LogP contribution < -0.4 is 5.56 Å². The van der Waals surface area contributed by atoms with Crippen molar-refractivity contribution in [2.45, 2.75) is 31.6 Å². The molecule has 0 spiro atoms. The topological polar surface area (TPSA) is 50.7 Å². The molecule has 1 fully saturated rings. The molecule has 0 atom stereocenters. The van der Waals surface area contributed by atoms with Gasteiger partial charge in [-0.05, 0) is 25.0 Å². The van der Waals surface area contributed by atoms with Crippen molar-refractivity contribution >= 4 is 0 Å². The number of H-pyrrole nitrogens is 1. The molecule has 1 N–H and O–H groups in total. The van der Waals surface area contributed by atoms with Gasteiger partial charge in [0, 0.05) is 23.9 Å². The quantitative estimate of drug-likeness (QED) is 0.858. The van der Waals surface area contributed by atoms with Crippen molar-refractivity contribution in [1.82, 2.24) is 14.8 Å². The smallest absolute Gasteiger partial charge is 0.271 e. The molecular formula is C13H15N3O. The molecule has 1 aliphatic rings. The Kier molecular flexibility index (Phi) is 2.55. The number of aromatic nitrogens is 3. The summed E-state index contributed by atoms with van der Waals surface area (Å²) in [7, 11) is 0. The predicted molar refractivity (Wildman–Crippen MR) is 65.4 cm³/mol. The van der Waals surface area contributed by atoms with Gasteiger partial charge in [0.1, 0.15) is 0 Å². The highest BCUT2D eigenvalue weighted by Gasteiger charge is 2.19. The number of hydrogen-bond acceptors (Lipinski definition) is 2. The lowest BCUT2D eigenvalue weighted by Gasteiger charge is -2.05. The third-order valence-electron chi connectivity index (χ3n) is 3.44. The van der Waals surface area contributed by atoms with Crippen LogP contribution in [-0.2, 0) is 0 Å². The van der Waals surface area contributed by atoms with Crippen LogP contribution in [0.25, 0.3) is 5.69 Å². The first-order chi connectivity index (χ1) is 8.34. The Hall–Kier alpha value is -1.84. The number of nitrogens with one attached hydrogen (secondary N) is 1. The van der Waals surface area contributed by atoms with Crippen LogP contribution in [0.2, 0.25) is 0 Å². The normalized spacial score (nSPS) is 16.5. The molecule has 0 bridgehead atoms. The Morgan fingerprint density at radius 3 is 2.88 bits per heavy atom. The van der Waals surface area contributed by atoms with Crippen LogP contribution in [0.5, 0.6) is 0 Å². The van der Waals surface area contributed by atoms with E-state index in [9.17, 15) is 4.79 Å². The Morgan fingerprint density at radius 1 is 1.35 bits per heavy atom. The van der Waals surface area contributed by atoms with Crippen molar-refractivity contribution < 1.29 is 0 Å². The summed E-state index contributed by atoms with van der Waals surface area (Å²) in [5.41, 5.74) is 1.86. The lowest BCUT2D eigenvalue weighted by atomic mass is 10.1. The zero-order valence-corrected chi connectivity index (χ0v) is 9.60. The third kappa shape index (κ3) is 1.90. The summed E-state index contributed by atoms with van der Waals surface area (Å²) >= 11 is 0. The molecule has 0 unspecified atom stereocenters. The zero-order chi connectivity index (χ0) is 11.7. The van der Waals surface area contributed by atoms with E-state index in [0.717, 1.165) is 11.4 Å². The average molecular weight is 229 g/mol. The Morgan fingerprint density at radius 2 is 2.18 bits per heavy atom. The number of aromatic amines is 1. The Labute approximate surface area is 99.3 Å². The molecule has 1 saturated carbocycles. The summed E-state index contributed by atoms with van der Waals surface area (Å²) < 4.78 is 1.57. The molecule has 2 aromatic heterocycles. The molecule has 3 rings (SSSR count). The van der Waals surface area contributed by atoms with Gasteiger partial charge < -0.3 is 0 Å². The van der Waals surface area contributed by atoms with E-state index < -0.39 is 0 Å². The Balaban J connectivity index is 1.99. The van der Waals surface area contributed by atoms with Crippen LogP contribution in [0.15, 0.2) is 35.4 Å². The molecule has 4 nitrogen and oxygen atoms in total. The molecule has 17 heavy (non-hydrogen) atoms. The van der Waals surface area contributed by atoms with Gasteiger partial charge >= 0.3 is 0 Å². The van der Waals surface area contributed by atoms with Gasteiger partial charge in [0.05, 0.1) is 11.9 Å². The summed E-state index contributed by atoms with van der Waals surface area (Å²) in [6.07, 6.45) is 8.31. The van der Waals surface area contributed by atoms with E-state index in [1.165, 1.54) is 25.7 Å². The van der Waals surface area contributed by atoms with Crippen LogP contribution in [-0.4, -0.2) is 14.8 Å². The van der Waals surface area contributed by atoms with Gasteiger partial charge in [-0.3, -0.25) is 14.9 Å². The highest BCUT2D eigenvalue weighted by molar-refractivity contribution is 5.27. The zero-order valence-electron chi connectivity index (χ0n) is 9.60. The molecule has 88 valence electrons. The molecule has 0 aliphatic heterocycles.